The molecule has 0 unspecified atom stereocenters. The highest BCUT2D eigenvalue weighted by Crippen LogP contribution is 2.36. The van der Waals surface area contributed by atoms with Crippen LogP contribution in [-0.4, -0.2) is 75.6 Å². The second-order valence-corrected chi connectivity index (χ2v) is 13.2. The average molecular weight is 664 g/mol. The van der Waals surface area contributed by atoms with Crippen molar-refractivity contribution in [1.82, 2.24) is 24.6 Å². The highest BCUT2D eigenvalue weighted by molar-refractivity contribution is 5.95. The summed E-state index contributed by atoms with van der Waals surface area (Å²) in [7, 11) is 1.93. The molecule has 10 heteroatoms. The maximum Gasteiger partial charge on any atom is 0.410 e. The van der Waals surface area contributed by atoms with E-state index in [0.29, 0.717) is 44.7 Å². The summed E-state index contributed by atoms with van der Waals surface area (Å²) in [6, 6.07) is 29.9. The van der Waals surface area contributed by atoms with Crippen molar-refractivity contribution in [2.24, 2.45) is 7.05 Å². The van der Waals surface area contributed by atoms with Gasteiger partial charge >= 0.3 is 6.09 Å². The molecule has 10 nitrogen and oxygen atoms in total. The molecular formula is C39H45N5O5. The summed E-state index contributed by atoms with van der Waals surface area (Å²) < 4.78 is 25.9. The molecule has 1 aliphatic rings. The molecule has 1 aliphatic heterocycles. The summed E-state index contributed by atoms with van der Waals surface area (Å²) in [6.07, 6.45) is 0.648. The molecule has 2 aromatic heterocycles. The lowest BCUT2D eigenvalue weighted by atomic mass is 10.1. The number of piperazine rings is 1. The molecule has 1 saturated heterocycles. The van der Waals surface area contributed by atoms with Gasteiger partial charge in [0.05, 0.1) is 17.7 Å². The molecule has 3 heterocycles. The van der Waals surface area contributed by atoms with Gasteiger partial charge in [-0.3, -0.25) is 9.58 Å². The topological polar surface area (TPSA) is 91.2 Å². The van der Waals surface area contributed by atoms with E-state index < -0.39 is 5.60 Å². The van der Waals surface area contributed by atoms with Crippen LogP contribution in [0, 0.1) is 0 Å². The van der Waals surface area contributed by atoms with E-state index in [9.17, 15) is 4.79 Å². The van der Waals surface area contributed by atoms with Crippen molar-refractivity contribution in [2.75, 3.05) is 39.3 Å². The normalized spacial score (nSPS) is 13.8. The number of fused-ring (bicyclic) bond motifs is 1. The summed E-state index contributed by atoms with van der Waals surface area (Å²) in [6.45, 7) is 11.0. The van der Waals surface area contributed by atoms with E-state index in [1.54, 1.807) is 4.90 Å². The molecule has 1 amide bonds. The van der Waals surface area contributed by atoms with Crippen LogP contribution < -0.4 is 14.2 Å². The standard InChI is InChI=1S/C39H45N5O5/c1-39(2,3)49-38(45)44-23-21-43(22-24-44)20-11-25-46-31-16-17-32-34(26-31)42(4)41-36(32)33-18-19-35(47-27-29-12-7-5-8-13-29)40-37(33)48-28-30-14-9-6-10-15-30/h5-10,12-19,26H,11,20-25,27-28H2,1-4H3. The molecular weight excluding hydrogens is 618 g/mol. The van der Waals surface area contributed by atoms with Crippen LogP contribution in [0.4, 0.5) is 4.79 Å². The number of rotatable bonds is 12. The fourth-order valence-corrected chi connectivity index (χ4v) is 5.74. The van der Waals surface area contributed by atoms with Crippen molar-refractivity contribution < 1.29 is 23.7 Å². The van der Waals surface area contributed by atoms with Gasteiger partial charge in [-0.2, -0.15) is 10.1 Å². The maximum atomic E-state index is 12.4. The van der Waals surface area contributed by atoms with Crippen molar-refractivity contribution in [3.63, 3.8) is 0 Å². The third-order valence-corrected chi connectivity index (χ3v) is 8.27. The zero-order chi connectivity index (χ0) is 34.2. The van der Waals surface area contributed by atoms with Crippen LogP contribution in [0.2, 0.25) is 0 Å². The Hall–Kier alpha value is -5.09. The molecule has 0 radical (unpaired) electrons. The number of carbonyl (C=O) groups is 1. The minimum Gasteiger partial charge on any atom is -0.493 e. The minimum absolute atomic E-state index is 0.235. The number of pyridine rings is 1. The molecule has 1 fully saturated rings. The molecule has 0 aliphatic carbocycles. The third kappa shape index (κ3) is 9.08. The van der Waals surface area contributed by atoms with E-state index in [1.165, 1.54) is 0 Å². The SMILES string of the molecule is Cn1nc(-c2ccc(OCc3ccccc3)nc2OCc2ccccc2)c2ccc(OCCCN3CCN(C(=O)OC(C)(C)C)CC3)cc21. The smallest absolute Gasteiger partial charge is 0.410 e. The summed E-state index contributed by atoms with van der Waals surface area (Å²) >= 11 is 0. The van der Waals surface area contributed by atoms with Gasteiger partial charge in [-0.05, 0) is 56.5 Å². The minimum atomic E-state index is -0.480. The Labute approximate surface area is 288 Å². The first kappa shape index (κ1) is 33.8. The quantitative estimate of drug-likeness (QED) is 0.131. The summed E-state index contributed by atoms with van der Waals surface area (Å²) in [5, 5.41) is 5.87. The van der Waals surface area contributed by atoms with Crippen LogP contribution in [-0.2, 0) is 25.0 Å². The number of ether oxygens (including phenoxy) is 4. The van der Waals surface area contributed by atoms with Crippen molar-refractivity contribution in [3.05, 3.63) is 102 Å². The highest BCUT2D eigenvalue weighted by atomic mass is 16.6. The lowest BCUT2D eigenvalue weighted by Gasteiger charge is -2.35. The first-order chi connectivity index (χ1) is 23.7. The Morgan fingerprint density at radius 1 is 0.796 bits per heavy atom. The van der Waals surface area contributed by atoms with Crippen molar-refractivity contribution in [3.8, 4) is 28.8 Å². The zero-order valence-electron chi connectivity index (χ0n) is 28.8. The van der Waals surface area contributed by atoms with Gasteiger partial charge in [-0.15, -0.1) is 0 Å². The third-order valence-electron chi connectivity index (χ3n) is 8.27. The van der Waals surface area contributed by atoms with Gasteiger partial charge in [0.25, 0.3) is 0 Å². The van der Waals surface area contributed by atoms with E-state index in [1.807, 2.05) is 123 Å². The number of amides is 1. The fraction of sp³-hybridized carbons (Fsp3) is 0.359. The fourth-order valence-electron chi connectivity index (χ4n) is 5.74. The van der Waals surface area contributed by atoms with Gasteiger partial charge in [-0.25, -0.2) is 4.79 Å². The van der Waals surface area contributed by atoms with Gasteiger partial charge in [0.15, 0.2) is 0 Å². The second-order valence-electron chi connectivity index (χ2n) is 13.2. The first-order valence-electron chi connectivity index (χ1n) is 16.9. The molecule has 5 aromatic rings. The Bertz CT molecular complexity index is 1830. The predicted molar refractivity (Wildman–Crippen MR) is 190 cm³/mol. The van der Waals surface area contributed by atoms with E-state index in [0.717, 1.165) is 65.1 Å². The molecule has 0 saturated carbocycles. The number of hydrogen-bond acceptors (Lipinski definition) is 8. The zero-order valence-corrected chi connectivity index (χ0v) is 28.8. The first-order valence-corrected chi connectivity index (χ1v) is 16.9. The van der Waals surface area contributed by atoms with Gasteiger partial charge < -0.3 is 23.8 Å². The molecule has 0 N–H and O–H groups in total. The number of aryl methyl sites for hydroxylation is 1. The van der Waals surface area contributed by atoms with Crippen LogP contribution in [0.25, 0.3) is 22.2 Å². The molecule has 6 rings (SSSR count). The van der Waals surface area contributed by atoms with E-state index in [4.69, 9.17) is 29.0 Å². The maximum absolute atomic E-state index is 12.4. The Balaban J connectivity index is 1.10. The van der Waals surface area contributed by atoms with Gasteiger partial charge in [0.2, 0.25) is 11.8 Å². The Morgan fingerprint density at radius 2 is 1.47 bits per heavy atom. The van der Waals surface area contributed by atoms with Crippen LogP contribution in [0.5, 0.6) is 17.5 Å². The van der Waals surface area contributed by atoms with Gasteiger partial charge in [0, 0.05) is 57.3 Å². The average Bonchev–Trinajstić information content (AvgIpc) is 3.43. The molecule has 0 bridgehead atoms. The van der Waals surface area contributed by atoms with Crippen LogP contribution in [0.15, 0.2) is 91.0 Å². The number of aromatic nitrogens is 3. The number of nitrogens with zero attached hydrogens (tertiary/aromatic N) is 5. The van der Waals surface area contributed by atoms with Crippen LogP contribution in [0.1, 0.15) is 38.3 Å². The molecule has 3 aromatic carbocycles. The highest BCUT2D eigenvalue weighted by Gasteiger charge is 2.25. The van der Waals surface area contributed by atoms with Crippen molar-refractivity contribution in [1.29, 1.82) is 0 Å². The lowest BCUT2D eigenvalue weighted by molar-refractivity contribution is 0.0142. The van der Waals surface area contributed by atoms with Crippen LogP contribution >= 0.6 is 0 Å². The van der Waals surface area contributed by atoms with Gasteiger partial charge in [-0.1, -0.05) is 60.7 Å². The Kier molecular flexibility index (Phi) is 10.6. The molecule has 49 heavy (non-hydrogen) atoms. The van der Waals surface area contributed by atoms with Gasteiger partial charge in [0.1, 0.15) is 30.3 Å². The monoisotopic (exact) mass is 663 g/mol. The summed E-state index contributed by atoms with van der Waals surface area (Å²) in [4.78, 5) is 21.3. The lowest BCUT2D eigenvalue weighted by Crippen LogP contribution is -2.50. The molecule has 0 spiro atoms. The summed E-state index contributed by atoms with van der Waals surface area (Å²) in [5.41, 5.74) is 4.14. The predicted octanol–water partition coefficient (Wildman–Crippen LogP) is 7.11. The van der Waals surface area contributed by atoms with Crippen molar-refractivity contribution >= 4 is 17.0 Å². The molecule has 0 atom stereocenters. The number of carbonyl (C=O) groups excluding carboxylic acids is 1. The van der Waals surface area contributed by atoms with E-state index in [-0.39, 0.29) is 6.09 Å². The van der Waals surface area contributed by atoms with E-state index >= 15 is 0 Å². The number of benzene rings is 3. The largest absolute Gasteiger partial charge is 0.493 e. The summed E-state index contributed by atoms with van der Waals surface area (Å²) in [5.74, 6) is 1.73. The van der Waals surface area contributed by atoms with E-state index in [2.05, 4.69) is 4.90 Å². The van der Waals surface area contributed by atoms with Crippen LogP contribution in [0.3, 0.4) is 0 Å². The number of hydrogen-bond donors (Lipinski definition) is 0. The van der Waals surface area contributed by atoms with Crippen molar-refractivity contribution in [2.45, 2.75) is 46.0 Å². The Morgan fingerprint density at radius 3 is 2.14 bits per heavy atom. The molecule has 256 valence electrons. The second kappa shape index (κ2) is 15.4.